The molecule has 2 aromatic heterocycles. The van der Waals surface area contributed by atoms with E-state index in [1.807, 2.05) is 13.0 Å². The van der Waals surface area contributed by atoms with E-state index in [1.165, 1.54) is 22.9 Å². The number of nitrogens with one attached hydrogen (secondary N) is 2. The molecule has 15 heteroatoms. The predicted octanol–water partition coefficient (Wildman–Crippen LogP) is 2.59. The highest BCUT2D eigenvalue weighted by molar-refractivity contribution is 7.89. The average molecular weight is 586 g/mol. The van der Waals surface area contributed by atoms with Gasteiger partial charge in [-0.25, -0.2) is 13.4 Å². The fraction of sp³-hybridized carbons (Fsp3) is 0.542. The van der Waals surface area contributed by atoms with Crippen molar-refractivity contribution in [1.29, 1.82) is 5.26 Å². The normalized spacial score (nSPS) is 23.1. The van der Waals surface area contributed by atoms with Crippen LogP contribution in [0.25, 0.3) is 5.70 Å². The standard InChI is InChI=1S/C24H30F3N7O3S2/c1-14-11-34(39(36,37)20-12-33(4)13-30-20)6-5-17(14)31-22-29-10-16(24(25,26)27)21(32-22)18-7-15(9-28)19(38-18)8-23(2,3)35/h7,10,12-14,17,22,31-32,35H,5-6,8,11H2,1-4H3/t14-,17+,22?/m1/s1. The number of nitriles is 1. The number of hydrogen-bond acceptors (Lipinski definition) is 9. The molecule has 0 aromatic carbocycles. The molecule has 1 saturated heterocycles. The van der Waals surface area contributed by atoms with E-state index in [0.29, 0.717) is 11.3 Å². The average Bonchev–Trinajstić information content (AvgIpc) is 3.44. The van der Waals surface area contributed by atoms with E-state index in [0.717, 1.165) is 17.6 Å². The highest BCUT2D eigenvalue weighted by Gasteiger charge is 2.40. The minimum Gasteiger partial charge on any atom is -0.390 e. The van der Waals surface area contributed by atoms with Crippen LogP contribution in [0, 0.1) is 17.2 Å². The van der Waals surface area contributed by atoms with Crippen molar-refractivity contribution in [1.82, 2.24) is 24.5 Å². The van der Waals surface area contributed by atoms with Crippen molar-refractivity contribution >= 4 is 33.3 Å². The summed E-state index contributed by atoms with van der Waals surface area (Å²) in [5.41, 5.74) is -2.11. The van der Waals surface area contributed by atoms with Gasteiger partial charge >= 0.3 is 6.18 Å². The van der Waals surface area contributed by atoms with Crippen LogP contribution in [0.1, 0.15) is 42.5 Å². The van der Waals surface area contributed by atoms with Crippen LogP contribution in [-0.2, 0) is 23.5 Å². The summed E-state index contributed by atoms with van der Waals surface area (Å²) in [6.45, 7) is 5.41. The Morgan fingerprint density at radius 2 is 2.08 bits per heavy atom. The first-order chi connectivity index (χ1) is 18.1. The lowest BCUT2D eigenvalue weighted by Crippen LogP contribution is -2.55. The molecule has 10 nitrogen and oxygen atoms in total. The first-order valence-electron chi connectivity index (χ1n) is 12.2. The van der Waals surface area contributed by atoms with Crippen LogP contribution >= 0.6 is 11.3 Å². The lowest BCUT2D eigenvalue weighted by molar-refractivity contribution is -0.0855. The molecule has 212 valence electrons. The molecule has 2 aliphatic rings. The monoisotopic (exact) mass is 585 g/mol. The zero-order chi connectivity index (χ0) is 28.8. The number of allylic oxidation sites excluding steroid dienone is 1. The van der Waals surface area contributed by atoms with E-state index >= 15 is 0 Å². The van der Waals surface area contributed by atoms with Crippen LogP contribution in [0.3, 0.4) is 0 Å². The largest absolute Gasteiger partial charge is 0.419 e. The van der Waals surface area contributed by atoms with E-state index in [-0.39, 0.29) is 52.6 Å². The second-order valence-corrected chi connectivity index (χ2v) is 13.5. The maximum absolute atomic E-state index is 13.9. The first kappa shape index (κ1) is 29.2. The number of rotatable bonds is 7. The number of hydrogen-bond donors (Lipinski definition) is 3. The van der Waals surface area contributed by atoms with Gasteiger partial charge in [-0.15, -0.1) is 11.3 Å². The summed E-state index contributed by atoms with van der Waals surface area (Å²) >= 11 is 1.02. The number of aliphatic hydroxyl groups is 1. The highest BCUT2D eigenvalue weighted by atomic mass is 32.2. The van der Waals surface area contributed by atoms with Crippen LogP contribution < -0.4 is 10.6 Å². The highest BCUT2D eigenvalue weighted by Crippen LogP contribution is 2.37. The minimum absolute atomic E-state index is 0.0340. The van der Waals surface area contributed by atoms with E-state index in [1.54, 1.807) is 25.5 Å². The smallest absolute Gasteiger partial charge is 0.390 e. The summed E-state index contributed by atoms with van der Waals surface area (Å²) in [4.78, 5) is 8.69. The van der Waals surface area contributed by atoms with Crippen molar-refractivity contribution in [2.24, 2.45) is 18.0 Å². The number of alkyl halides is 3. The molecule has 0 aliphatic carbocycles. The number of aliphatic imine (C=N–C) groups is 1. The zero-order valence-corrected chi connectivity index (χ0v) is 23.5. The molecule has 3 N–H and O–H groups in total. The fourth-order valence-electron chi connectivity index (χ4n) is 4.57. The Morgan fingerprint density at radius 1 is 1.36 bits per heavy atom. The minimum atomic E-state index is -4.69. The van der Waals surface area contributed by atoms with Gasteiger partial charge in [0.1, 0.15) is 6.07 Å². The van der Waals surface area contributed by atoms with Crippen LogP contribution in [0.2, 0.25) is 0 Å². The molecule has 0 amide bonds. The first-order valence-corrected chi connectivity index (χ1v) is 14.4. The Bertz CT molecular complexity index is 1430. The van der Waals surface area contributed by atoms with Crippen LogP contribution in [0.4, 0.5) is 13.2 Å². The van der Waals surface area contributed by atoms with Crippen molar-refractivity contribution in [3.8, 4) is 6.07 Å². The van der Waals surface area contributed by atoms with Crippen molar-refractivity contribution in [3.05, 3.63) is 39.5 Å². The lowest BCUT2D eigenvalue weighted by atomic mass is 9.95. The number of nitrogens with zero attached hydrogens (tertiary/aromatic N) is 5. The molecular weight excluding hydrogens is 555 g/mol. The van der Waals surface area contributed by atoms with Gasteiger partial charge in [0, 0.05) is 49.9 Å². The molecule has 2 aliphatic heterocycles. The third-order valence-corrected chi connectivity index (χ3v) is 9.41. The van der Waals surface area contributed by atoms with Crippen LogP contribution in [0.15, 0.2) is 34.2 Å². The van der Waals surface area contributed by atoms with Crippen LogP contribution in [-0.4, -0.2) is 70.8 Å². The molecule has 2 aromatic rings. The summed E-state index contributed by atoms with van der Waals surface area (Å²) < 4.78 is 70.5. The number of aromatic nitrogens is 2. The number of imidazole rings is 1. The number of aryl methyl sites for hydroxylation is 1. The van der Waals surface area contributed by atoms with Crippen molar-refractivity contribution < 1.29 is 26.7 Å². The topological polar surface area (TPSA) is 136 Å². The SMILES string of the molecule is C[C@@H]1CN(S(=O)(=O)c2cn(C)cn2)CC[C@@H]1NC1N=CC(C(F)(F)F)=C(c2cc(C#N)c(CC(C)(C)O)s2)N1. The molecule has 3 atom stereocenters. The molecule has 39 heavy (non-hydrogen) atoms. The number of sulfonamides is 1. The molecule has 0 spiro atoms. The summed E-state index contributed by atoms with van der Waals surface area (Å²) in [6.07, 6.45) is -1.44. The zero-order valence-electron chi connectivity index (χ0n) is 21.8. The Morgan fingerprint density at radius 3 is 2.64 bits per heavy atom. The number of halogens is 3. The third-order valence-electron chi connectivity index (χ3n) is 6.50. The van der Waals surface area contributed by atoms with Gasteiger partial charge in [0.2, 0.25) is 0 Å². The summed E-state index contributed by atoms with van der Waals surface area (Å²) in [5, 5.41) is 25.7. The van der Waals surface area contributed by atoms with Crippen molar-refractivity contribution in [2.45, 2.75) is 62.7 Å². The van der Waals surface area contributed by atoms with E-state index < -0.39 is 33.7 Å². The van der Waals surface area contributed by atoms with Gasteiger partial charge in [0.05, 0.1) is 33.6 Å². The molecule has 1 unspecified atom stereocenters. The van der Waals surface area contributed by atoms with Gasteiger partial charge in [-0.05, 0) is 32.3 Å². The third kappa shape index (κ3) is 6.52. The predicted molar refractivity (Wildman–Crippen MR) is 140 cm³/mol. The second-order valence-electron chi connectivity index (χ2n) is 10.4. The molecule has 4 rings (SSSR count). The van der Waals surface area contributed by atoms with Crippen LogP contribution in [0.5, 0.6) is 0 Å². The van der Waals surface area contributed by atoms with E-state index in [4.69, 9.17) is 0 Å². The molecule has 4 heterocycles. The maximum atomic E-state index is 13.9. The summed E-state index contributed by atoms with van der Waals surface area (Å²) in [5.74, 6) is -0.170. The summed E-state index contributed by atoms with van der Waals surface area (Å²) in [6, 6.07) is 3.16. The van der Waals surface area contributed by atoms with E-state index in [9.17, 15) is 32.0 Å². The Balaban J connectivity index is 1.51. The molecule has 1 fully saturated rings. The quantitative estimate of drug-likeness (QED) is 0.455. The van der Waals surface area contributed by atoms with E-state index in [2.05, 4.69) is 20.6 Å². The Kier molecular flexibility index (Phi) is 7.99. The second kappa shape index (κ2) is 10.7. The number of piperidine rings is 1. The van der Waals surface area contributed by atoms with Gasteiger partial charge < -0.3 is 15.0 Å². The van der Waals surface area contributed by atoms with Crippen molar-refractivity contribution in [3.63, 3.8) is 0 Å². The van der Waals surface area contributed by atoms with Crippen molar-refractivity contribution in [2.75, 3.05) is 13.1 Å². The molecular formula is C24H30F3N7O3S2. The van der Waals surface area contributed by atoms with Gasteiger partial charge in [-0.3, -0.25) is 10.3 Å². The summed E-state index contributed by atoms with van der Waals surface area (Å²) in [7, 11) is -2.08. The molecule has 0 radical (unpaired) electrons. The molecule has 0 saturated carbocycles. The lowest BCUT2D eigenvalue weighted by Gasteiger charge is -2.38. The Hall–Kier alpha value is -2.77. The fourth-order valence-corrected chi connectivity index (χ4v) is 7.44. The Labute approximate surface area is 228 Å². The van der Waals surface area contributed by atoms with Gasteiger partial charge in [-0.1, -0.05) is 6.92 Å². The maximum Gasteiger partial charge on any atom is 0.419 e. The van der Waals surface area contributed by atoms with Gasteiger partial charge in [-0.2, -0.15) is 22.7 Å². The van der Waals surface area contributed by atoms with Gasteiger partial charge in [0.25, 0.3) is 10.0 Å². The number of thiophene rings is 1. The van der Waals surface area contributed by atoms with Gasteiger partial charge in [0.15, 0.2) is 11.3 Å². The molecule has 0 bridgehead atoms.